The average molecular weight is 1050 g/mol. The second-order valence-corrected chi connectivity index (χ2v) is 27.4. The van der Waals surface area contributed by atoms with Crippen molar-refractivity contribution in [2.75, 3.05) is 9.80 Å². The fourth-order valence-electron chi connectivity index (χ4n) is 13.7. The third-order valence-corrected chi connectivity index (χ3v) is 18.0. The Bertz CT molecular complexity index is 3870. The summed E-state index contributed by atoms with van der Waals surface area (Å²) in [7, 11) is 0. The van der Waals surface area contributed by atoms with E-state index in [0.717, 1.165) is 35.6 Å². The van der Waals surface area contributed by atoms with Gasteiger partial charge in [0.15, 0.2) is 0 Å². The Labute approximate surface area is 482 Å². The highest BCUT2D eigenvalue weighted by atomic mass is 15.2. The summed E-state index contributed by atoms with van der Waals surface area (Å²) in [5.74, 6) is 0. The maximum absolute atomic E-state index is 2.65. The number of hydrogen-bond acceptors (Lipinski definition) is 2. The first-order valence-corrected chi connectivity index (χ1v) is 29.4. The number of nitrogens with zero attached hydrogens (tertiary/aromatic N) is 2. The van der Waals surface area contributed by atoms with E-state index in [0.29, 0.717) is 0 Å². The molecule has 2 nitrogen and oxygen atoms in total. The van der Waals surface area contributed by atoms with E-state index in [9.17, 15) is 0 Å². The maximum atomic E-state index is 2.65. The molecule has 0 atom stereocenters. The lowest BCUT2D eigenvalue weighted by Gasteiger charge is -2.37. The van der Waals surface area contributed by atoms with Gasteiger partial charge in [-0.2, -0.15) is 0 Å². The third-order valence-electron chi connectivity index (χ3n) is 18.0. The Hall–Kier alpha value is -8.20. The van der Waals surface area contributed by atoms with Crippen LogP contribution in [0.3, 0.4) is 0 Å². The molecule has 0 spiro atoms. The molecule has 10 aromatic carbocycles. The van der Waals surface area contributed by atoms with Crippen LogP contribution >= 0.6 is 0 Å². The van der Waals surface area contributed by atoms with Crippen molar-refractivity contribution < 1.29 is 0 Å². The fourth-order valence-corrected chi connectivity index (χ4v) is 13.7. The molecule has 0 fully saturated rings. The van der Waals surface area contributed by atoms with E-state index in [4.69, 9.17) is 0 Å². The molecule has 0 amide bonds. The van der Waals surface area contributed by atoms with Gasteiger partial charge in [-0.1, -0.05) is 241 Å². The lowest BCUT2D eigenvalue weighted by atomic mass is 9.67. The van der Waals surface area contributed by atoms with Crippen LogP contribution in [0.5, 0.6) is 0 Å². The number of benzene rings is 10. The minimum Gasteiger partial charge on any atom is -0.310 e. The summed E-state index contributed by atoms with van der Waals surface area (Å²) in [6.07, 6.45) is 1.65. The van der Waals surface area contributed by atoms with E-state index >= 15 is 0 Å². The van der Waals surface area contributed by atoms with Gasteiger partial charge in [-0.25, -0.2) is 0 Å². The number of hydrogen-bond donors (Lipinski definition) is 0. The van der Waals surface area contributed by atoms with Crippen molar-refractivity contribution >= 4 is 34.1 Å². The zero-order chi connectivity index (χ0) is 56.4. The van der Waals surface area contributed by atoms with Gasteiger partial charge in [-0.15, -0.1) is 0 Å². The van der Waals surface area contributed by atoms with Crippen LogP contribution in [0.2, 0.25) is 0 Å². The first-order chi connectivity index (χ1) is 38.7. The SMILES string of the molecule is CC(C)(C)c1ccc(N(c2ccc(C(C)(C)C)cc2)c2cc3c(c4c2Cc2ccccc2-4)-c2c(cc(N(c4ccc(C(C)(C)C)cc4)c4ccc(C(C)(C)C)cc4)c4c2Cc2ccccc2-4)C3(c2ccccc2)c2ccccc2)cc1. The summed E-state index contributed by atoms with van der Waals surface area (Å²) in [4.78, 5) is 5.17. The van der Waals surface area contributed by atoms with Crippen molar-refractivity contribution in [3.05, 3.63) is 285 Å². The molecule has 0 aromatic heterocycles. The number of rotatable bonds is 8. The molecular formula is C79H76N2. The van der Waals surface area contributed by atoms with Crippen LogP contribution < -0.4 is 9.80 Å². The van der Waals surface area contributed by atoms with Gasteiger partial charge < -0.3 is 9.80 Å². The van der Waals surface area contributed by atoms with Gasteiger partial charge in [-0.3, -0.25) is 0 Å². The molecule has 13 rings (SSSR count). The van der Waals surface area contributed by atoms with Crippen LogP contribution in [0.15, 0.2) is 218 Å². The van der Waals surface area contributed by atoms with Gasteiger partial charge in [0, 0.05) is 34.7 Å². The summed E-state index contributed by atoms with van der Waals surface area (Å²) in [6.45, 7) is 27.7. The third kappa shape index (κ3) is 8.59. The molecule has 10 aromatic rings. The summed E-state index contributed by atoms with van der Waals surface area (Å²) in [6, 6.07) is 84.5. The van der Waals surface area contributed by atoms with E-state index in [1.807, 2.05) is 0 Å². The van der Waals surface area contributed by atoms with Crippen LogP contribution in [-0.2, 0) is 39.9 Å². The molecule has 0 N–H and O–H groups in total. The first kappa shape index (κ1) is 52.2. The van der Waals surface area contributed by atoms with Gasteiger partial charge in [0.25, 0.3) is 0 Å². The highest BCUT2D eigenvalue weighted by Crippen LogP contribution is 2.66. The van der Waals surface area contributed by atoms with Gasteiger partial charge in [0.2, 0.25) is 0 Å². The van der Waals surface area contributed by atoms with Crippen molar-refractivity contribution in [1.29, 1.82) is 0 Å². The summed E-state index contributed by atoms with van der Waals surface area (Å²) in [5, 5.41) is 0. The Morgan fingerprint density at radius 2 is 0.617 bits per heavy atom. The van der Waals surface area contributed by atoms with Crippen LogP contribution in [0.4, 0.5) is 34.1 Å². The Kier molecular flexibility index (Phi) is 12.2. The van der Waals surface area contributed by atoms with E-state index in [-0.39, 0.29) is 21.7 Å². The van der Waals surface area contributed by atoms with E-state index in [1.54, 1.807) is 0 Å². The van der Waals surface area contributed by atoms with Crippen LogP contribution in [0.25, 0.3) is 33.4 Å². The number of anilines is 6. The number of fused-ring (bicyclic) bond motifs is 11. The lowest BCUT2D eigenvalue weighted by Crippen LogP contribution is -2.29. The minimum absolute atomic E-state index is 0.00128. The smallest absolute Gasteiger partial charge is 0.0715 e. The Morgan fingerprint density at radius 1 is 0.296 bits per heavy atom. The maximum Gasteiger partial charge on any atom is 0.0715 e. The Morgan fingerprint density at radius 3 is 1.01 bits per heavy atom. The molecule has 0 unspecified atom stereocenters. The molecule has 0 bridgehead atoms. The minimum atomic E-state index is -0.747. The van der Waals surface area contributed by atoms with Crippen molar-refractivity contribution in [2.24, 2.45) is 0 Å². The predicted octanol–water partition coefficient (Wildman–Crippen LogP) is 21.3. The molecular weight excluding hydrogens is 977 g/mol. The quantitative estimate of drug-likeness (QED) is 0.150. The summed E-state index contributed by atoms with van der Waals surface area (Å²) >= 11 is 0. The highest BCUT2D eigenvalue weighted by molar-refractivity contribution is 6.08. The average Bonchev–Trinajstić information content (AvgIpc) is 2.21. The molecule has 402 valence electrons. The fraction of sp³-hybridized carbons (Fsp3) is 0.241. The molecule has 3 aliphatic carbocycles. The zero-order valence-corrected chi connectivity index (χ0v) is 49.6. The van der Waals surface area contributed by atoms with Crippen molar-refractivity contribution in [3.63, 3.8) is 0 Å². The molecule has 0 saturated carbocycles. The molecule has 0 saturated heterocycles. The van der Waals surface area contributed by atoms with E-state index < -0.39 is 5.41 Å². The summed E-state index contributed by atoms with van der Waals surface area (Å²) < 4.78 is 0. The van der Waals surface area contributed by atoms with Crippen LogP contribution in [0.1, 0.15) is 150 Å². The second-order valence-electron chi connectivity index (χ2n) is 27.4. The van der Waals surface area contributed by atoms with Gasteiger partial charge in [-0.05, 0) is 183 Å². The van der Waals surface area contributed by atoms with Gasteiger partial charge >= 0.3 is 0 Å². The predicted molar refractivity (Wildman–Crippen MR) is 344 cm³/mol. The van der Waals surface area contributed by atoms with Gasteiger partial charge in [0.05, 0.1) is 16.8 Å². The zero-order valence-electron chi connectivity index (χ0n) is 49.6. The van der Waals surface area contributed by atoms with Crippen LogP contribution in [0, 0.1) is 0 Å². The lowest BCUT2D eigenvalue weighted by molar-refractivity contribution is 0.590. The molecule has 0 radical (unpaired) electrons. The molecule has 0 heterocycles. The molecule has 0 aliphatic heterocycles. The van der Waals surface area contributed by atoms with Crippen molar-refractivity contribution in [1.82, 2.24) is 0 Å². The summed E-state index contributed by atoms with van der Waals surface area (Å²) in [5.41, 5.74) is 30.2. The van der Waals surface area contributed by atoms with E-state index in [1.165, 1.54) is 112 Å². The second kappa shape index (κ2) is 19.0. The van der Waals surface area contributed by atoms with Crippen molar-refractivity contribution in [3.8, 4) is 33.4 Å². The standard InChI is InChI=1S/C79H76N2/c1-75(2,3)53-31-39-59(40-32-53)80(60-41-33-54(34-42-60)76(4,5)6)69-49-68-74(72-64-30-22-20-23-51(64)47-65(69)72)73-66-48-52-24-19-21-29-63(52)71(66)70(50-67(73)79(68,57-25-15-13-16-26-57)58-27-17-14-18-28-58)81(61-43-35-55(36-44-61)77(7,8)9)62-45-37-56(38-46-62)78(10,11)12/h13-46,49-50H,47-48H2,1-12H3. The monoisotopic (exact) mass is 1050 g/mol. The van der Waals surface area contributed by atoms with Gasteiger partial charge in [0.1, 0.15) is 0 Å². The van der Waals surface area contributed by atoms with Crippen LogP contribution in [-0.4, -0.2) is 0 Å². The Balaban J connectivity index is 1.19. The van der Waals surface area contributed by atoms with Crippen molar-refractivity contribution in [2.45, 2.75) is 123 Å². The molecule has 2 heteroatoms. The first-order valence-electron chi connectivity index (χ1n) is 29.4. The highest BCUT2D eigenvalue weighted by Gasteiger charge is 2.51. The topological polar surface area (TPSA) is 6.48 Å². The molecule has 3 aliphatic rings. The van der Waals surface area contributed by atoms with E-state index in [2.05, 4.69) is 311 Å². The molecule has 81 heavy (non-hydrogen) atoms. The largest absolute Gasteiger partial charge is 0.310 e. The normalized spacial score (nSPS) is 13.9.